The number of hydrogen-bond acceptors (Lipinski definition) is 7. The Balaban J connectivity index is 1.69. The molecule has 1 saturated heterocycles. The van der Waals surface area contributed by atoms with Crippen LogP contribution in [0.4, 0.5) is 5.69 Å². The molecule has 0 unspecified atom stereocenters. The van der Waals surface area contributed by atoms with Gasteiger partial charge >= 0.3 is 11.6 Å². The number of esters is 1. The van der Waals surface area contributed by atoms with Crippen LogP contribution < -0.4 is 10.5 Å². The van der Waals surface area contributed by atoms with Gasteiger partial charge in [0.05, 0.1) is 16.1 Å². The molecule has 0 radical (unpaired) electrons. The van der Waals surface area contributed by atoms with Gasteiger partial charge in [-0.3, -0.25) is 0 Å². The third kappa shape index (κ3) is 4.65. The third-order valence-electron chi connectivity index (χ3n) is 5.76. The van der Waals surface area contributed by atoms with Crippen LogP contribution in [-0.2, 0) is 21.4 Å². The third-order valence-corrected chi connectivity index (χ3v) is 7.57. The fraction of sp³-hybridized carbons (Fsp3) is 0.333. The number of rotatable bonds is 6. The molecule has 8 nitrogen and oxygen atoms in total. The van der Waals surface area contributed by atoms with E-state index in [0.29, 0.717) is 22.2 Å². The molecule has 0 aliphatic carbocycles. The van der Waals surface area contributed by atoms with Gasteiger partial charge in [0.2, 0.25) is 10.0 Å². The average molecular weight is 471 g/mol. The maximum atomic E-state index is 13.2. The highest BCUT2D eigenvalue weighted by Crippen LogP contribution is 2.29. The van der Waals surface area contributed by atoms with E-state index in [1.165, 1.54) is 32.3 Å². The van der Waals surface area contributed by atoms with Gasteiger partial charge in [-0.1, -0.05) is 12.1 Å². The summed E-state index contributed by atoms with van der Waals surface area (Å²) in [6, 6.07) is 11.3. The van der Waals surface area contributed by atoms with E-state index < -0.39 is 21.6 Å². The second-order valence-corrected chi connectivity index (χ2v) is 10.5. The van der Waals surface area contributed by atoms with Crippen LogP contribution in [0.2, 0.25) is 0 Å². The molecule has 2 heterocycles. The monoisotopic (exact) mass is 470 g/mol. The molecule has 1 aromatic heterocycles. The van der Waals surface area contributed by atoms with Gasteiger partial charge in [-0.25, -0.2) is 22.3 Å². The normalized spacial score (nSPS) is 14.2. The summed E-state index contributed by atoms with van der Waals surface area (Å²) in [6.07, 6.45) is 1.99. The number of aryl methyl sites for hydroxylation is 1. The summed E-state index contributed by atoms with van der Waals surface area (Å²) in [4.78, 5) is 27.2. The molecule has 1 aliphatic rings. The molecule has 2 aromatic carbocycles. The lowest BCUT2D eigenvalue weighted by molar-refractivity contribution is 0.0474. The van der Waals surface area contributed by atoms with Crippen LogP contribution in [0.5, 0.6) is 0 Å². The summed E-state index contributed by atoms with van der Waals surface area (Å²) in [5, 5.41) is 0.678. The van der Waals surface area contributed by atoms with E-state index >= 15 is 0 Å². The summed E-state index contributed by atoms with van der Waals surface area (Å²) in [7, 11) is -0.846. The molecule has 174 valence electrons. The zero-order chi connectivity index (χ0) is 23.8. The van der Waals surface area contributed by atoms with Gasteiger partial charge < -0.3 is 14.1 Å². The molecule has 0 spiro atoms. The van der Waals surface area contributed by atoms with Crippen molar-refractivity contribution in [2.45, 2.75) is 31.3 Å². The number of fused-ring (bicyclic) bond motifs is 1. The van der Waals surface area contributed by atoms with Crippen LogP contribution >= 0.6 is 0 Å². The Hall–Kier alpha value is -3.17. The van der Waals surface area contributed by atoms with Crippen molar-refractivity contribution in [2.75, 3.05) is 32.1 Å². The topological polar surface area (TPSA) is 97.1 Å². The minimum absolute atomic E-state index is 0.0173. The lowest BCUT2D eigenvalue weighted by Crippen LogP contribution is -2.24. The molecular formula is C24H26N2O6S. The van der Waals surface area contributed by atoms with Crippen LogP contribution in [0, 0.1) is 6.92 Å². The average Bonchev–Trinajstić information content (AvgIpc) is 3.31. The smallest absolute Gasteiger partial charge is 0.340 e. The molecule has 0 atom stereocenters. The lowest BCUT2D eigenvalue weighted by Gasteiger charge is -2.22. The number of anilines is 1. The fourth-order valence-electron chi connectivity index (χ4n) is 3.96. The molecule has 33 heavy (non-hydrogen) atoms. The van der Waals surface area contributed by atoms with Gasteiger partial charge in [-0.15, -0.1) is 0 Å². The highest BCUT2D eigenvalue weighted by molar-refractivity contribution is 7.89. The van der Waals surface area contributed by atoms with E-state index in [0.717, 1.165) is 35.8 Å². The van der Waals surface area contributed by atoms with Gasteiger partial charge in [0.1, 0.15) is 12.2 Å². The molecule has 0 bridgehead atoms. The Labute approximate surface area is 192 Å². The summed E-state index contributed by atoms with van der Waals surface area (Å²) < 4.78 is 37.2. The van der Waals surface area contributed by atoms with E-state index in [9.17, 15) is 18.0 Å². The van der Waals surface area contributed by atoms with Crippen molar-refractivity contribution in [1.82, 2.24) is 4.31 Å². The van der Waals surface area contributed by atoms with Crippen LogP contribution in [0.3, 0.4) is 0 Å². The zero-order valence-electron chi connectivity index (χ0n) is 18.8. The number of hydrogen-bond donors (Lipinski definition) is 0. The highest BCUT2D eigenvalue weighted by atomic mass is 32.2. The number of carbonyl (C=O) groups is 1. The Morgan fingerprint density at radius 2 is 1.82 bits per heavy atom. The SMILES string of the molecule is Cc1ccc2c(COC(=O)c3cc(S(=O)(=O)N(C)C)ccc3N3CCCC3)cc(=O)oc2c1. The summed E-state index contributed by atoms with van der Waals surface area (Å²) in [6.45, 7) is 3.31. The van der Waals surface area contributed by atoms with E-state index in [1.807, 2.05) is 19.1 Å². The van der Waals surface area contributed by atoms with Crippen molar-refractivity contribution >= 4 is 32.6 Å². The van der Waals surface area contributed by atoms with Crippen LogP contribution in [-0.4, -0.2) is 45.9 Å². The van der Waals surface area contributed by atoms with E-state index in [2.05, 4.69) is 4.90 Å². The first-order valence-electron chi connectivity index (χ1n) is 10.7. The van der Waals surface area contributed by atoms with Crippen molar-refractivity contribution in [3.05, 3.63) is 69.6 Å². The van der Waals surface area contributed by atoms with E-state index in [4.69, 9.17) is 9.15 Å². The Morgan fingerprint density at radius 1 is 1.09 bits per heavy atom. The molecule has 1 fully saturated rings. The Morgan fingerprint density at radius 3 is 2.52 bits per heavy atom. The van der Waals surface area contributed by atoms with Crippen LogP contribution in [0.1, 0.15) is 34.3 Å². The first kappa shape index (κ1) is 23.0. The zero-order valence-corrected chi connectivity index (χ0v) is 19.6. The van der Waals surface area contributed by atoms with E-state index in [-0.39, 0.29) is 17.1 Å². The van der Waals surface area contributed by atoms with Gasteiger partial charge in [-0.2, -0.15) is 0 Å². The van der Waals surface area contributed by atoms with Gasteiger partial charge in [0, 0.05) is 44.2 Å². The minimum Gasteiger partial charge on any atom is -0.457 e. The first-order valence-corrected chi connectivity index (χ1v) is 12.1. The molecule has 0 saturated carbocycles. The number of carbonyl (C=O) groups excluding carboxylic acids is 1. The van der Waals surface area contributed by atoms with Crippen molar-refractivity contribution < 1.29 is 22.4 Å². The lowest BCUT2D eigenvalue weighted by atomic mass is 10.1. The molecular weight excluding hydrogens is 444 g/mol. The second-order valence-electron chi connectivity index (χ2n) is 8.33. The predicted molar refractivity (Wildman–Crippen MR) is 125 cm³/mol. The van der Waals surface area contributed by atoms with Gasteiger partial charge in [0.15, 0.2) is 0 Å². The minimum atomic E-state index is -3.73. The predicted octanol–water partition coefficient (Wildman–Crippen LogP) is 3.31. The Kier molecular flexibility index (Phi) is 6.27. The van der Waals surface area contributed by atoms with Gasteiger partial charge in [0.25, 0.3) is 0 Å². The standard InChI is InChI=1S/C24H26N2O6S/c1-16-6-8-19-17(13-23(27)32-22(19)12-16)15-31-24(28)20-14-18(33(29,30)25(2)3)7-9-21(20)26-10-4-5-11-26/h6-9,12-14H,4-5,10-11,15H2,1-3H3. The number of benzene rings is 2. The molecule has 3 aromatic rings. The molecule has 1 aliphatic heterocycles. The molecule has 9 heteroatoms. The molecule has 0 amide bonds. The highest BCUT2D eigenvalue weighted by Gasteiger charge is 2.25. The van der Waals surface area contributed by atoms with Crippen molar-refractivity contribution in [3.63, 3.8) is 0 Å². The van der Waals surface area contributed by atoms with E-state index in [1.54, 1.807) is 12.1 Å². The Bertz CT molecular complexity index is 1370. The fourth-order valence-corrected chi connectivity index (χ4v) is 4.89. The number of nitrogens with zero attached hydrogens (tertiary/aromatic N) is 2. The van der Waals surface area contributed by atoms with Gasteiger partial charge in [-0.05, 0) is 49.6 Å². The van der Waals surface area contributed by atoms with Crippen molar-refractivity contribution in [1.29, 1.82) is 0 Å². The van der Waals surface area contributed by atoms with Crippen LogP contribution in [0.15, 0.2) is 56.6 Å². The molecule has 4 rings (SSSR count). The first-order chi connectivity index (χ1) is 15.7. The maximum Gasteiger partial charge on any atom is 0.340 e. The second kappa shape index (κ2) is 8.99. The van der Waals surface area contributed by atoms with Crippen molar-refractivity contribution in [3.8, 4) is 0 Å². The summed E-state index contributed by atoms with van der Waals surface area (Å²) >= 11 is 0. The summed E-state index contributed by atoms with van der Waals surface area (Å²) in [5.74, 6) is -0.652. The number of ether oxygens (including phenoxy) is 1. The number of sulfonamides is 1. The largest absolute Gasteiger partial charge is 0.457 e. The quantitative estimate of drug-likeness (QED) is 0.403. The maximum absolute atomic E-state index is 13.2. The van der Waals surface area contributed by atoms with Crippen molar-refractivity contribution in [2.24, 2.45) is 0 Å². The molecule has 0 N–H and O–H groups in total. The summed E-state index contributed by atoms with van der Waals surface area (Å²) in [5.41, 5.74) is 2.18. The van der Waals surface area contributed by atoms with Crippen LogP contribution in [0.25, 0.3) is 11.0 Å².